The topological polar surface area (TPSA) is 128 Å². The molecule has 5 rings (SSSR count). The van der Waals surface area contributed by atoms with Gasteiger partial charge in [0.1, 0.15) is 34.1 Å². The first kappa shape index (κ1) is 27.5. The number of carbonyl (C=O) groups excluding carboxylic acids is 2. The number of hydrogen-bond acceptors (Lipinski definition) is 8. The van der Waals surface area contributed by atoms with E-state index >= 15 is 0 Å². The SMILES string of the molecule is COc1cc2c(cc1NC(=O)c1cnn3ccc(N[C@@H]4CCCC[C@@H]4NC(=O)OC(C)(C)C)nc13)CC(C)(C)O2. The second kappa shape index (κ2) is 10.5. The number of nitrogens with one attached hydrogen (secondary N) is 3. The van der Waals surface area contributed by atoms with Crippen LogP contribution in [0.3, 0.4) is 0 Å². The lowest BCUT2D eigenvalue weighted by Crippen LogP contribution is -2.49. The fraction of sp³-hybridized carbons (Fsp3) is 0.517. The molecule has 0 spiro atoms. The summed E-state index contributed by atoms with van der Waals surface area (Å²) in [5, 5.41) is 13.8. The fourth-order valence-corrected chi connectivity index (χ4v) is 5.32. The van der Waals surface area contributed by atoms with Gasteiger partial charge in [-0.05, 0) is 59.6 Å². The number of fused-ring (bicyclic) bond motifs is 2. The van der Waals surface area contributed by atoms with E-state index in [-0.39, 0.29) is 23.6 Å². The number of ether oxygens (including phenoxy) is 3. The third kappa shape index (κ3) is 6.08. The zero-order valence-electron chi connectivity index (χ0n) is 24.0. The summed E-state index contributed by atoms with van der Waals surface area (Å²) in [6.07, 6.45) is 7.33. The minimum atomic E-state index is -0.568. The zero-order valence-corrected chi connectivity index (χ0v) is 24.0. The standard InChI is InChI=1S/C29H38N6O5/c1-28(2,3)40-27(37)33-20-10-8-7-9-19(20)31-24-11-12-35-25(34-24)18(16-30-35)26(36)32-21-13-17-15-29(4,5)39-22(17)14-23(21)38-6/h11-14,16,19-20H,7-10,15H2,1-6H3,(H,31,34)(H,32,36)(H,33,37)/t19-,20+/m1/s1. The lowest BCUT2D eigenvalue weighted by Gasteiger charge is -2.33. The lowest BCUT2D eigenvalue weighted by atomic mass is 9.90. The molecule has 11 nitrogen and oxygen atoms in total. The van der Waals surface area contributed by atoms with Crippen LogP contribution in [0, 0.1) is 0 Å². The van der Waals surface area contributed by atoms with Crippen LogP contribution in [-0.2, 0) is 11.2 Å². The van der Waals surface area contributed by atoms with Crippen molar-refractivity contribution in [2.45, 2.75) is 90.0 Å². The maximum atomic E-state index is 13.4. The molecule has 0 radical (unpaired) electrons. The molecule has 2 aliphatic rings. The number of benzene rings is 1. The Labute approximate surface area is 234 Å². The summed E-state index contributed by atoms with van der Waals surface area (Å²) in [7, 11) is 1.56. The number of alkyl carbamates (subject to hydrolysis) is 1. The second-order valence-corrected chi connectivity index (χ2v) is 12.1. The van der Waals surface area contributed by atoms with Gasteiger partial charge in [-0.3, -0.25) is 4.79 Å². The molecule has 3 heterocycles. The number of aromatic nitrogens is 3. The van der Waals surface area contributed by atoms with E-state index in [4.69, 9.17) is 19.2 Å². The Bertz CT molecular complexity index is 1430. The molecule has 214 valence electrons. The first-order valence-corrected chi connectivity index (χ1v) is 13.7. The molecule has 1 fully saturated rings. The van der Waals surface area contributed by atoms with Crippen LogP contribution in [0.25, 0.3) is 5.65 Å². The summed E-state index contributed by atoms with van der Waals surface area (Å²) in [4.78, 5) is 30.5. The third-order valence-corrected chi connectivity index (χ3v) is 7.05. The van der Waals surface area contributed by atoms with Crippen molar-refractivity contribution in [1.29, 1.82) is 0 Å². The highest BCUT2D eigenvalue weighted by Gasteiger charge is 2.32. The van der Waals surface area contributed by atoms with Crippen LogP contribution in [-0.4, -0.2) is 57.0 Å². The van der Waals surface area contributed by atoms with Gasteiger partial charge in [0.25, 0.3) is 5.91 Å². The highest BCUT2D eigenvalue weighted by molar-refractivity contribution is 6.09. The number of carbonyl (C=O) groups is 2. The van der Waals surface area contributed by atoms with Crippen molar-refractivity contribution in [2.75, 3.05) is 17.7 Å². The van der Waals surface area contributed by atoms with Crippen LogP contribution in [0.15, 0.2) is 30.6 Å². The summed E-state index contributed by atoms with van der Waals surface area (Å²) in [5.74, 6) is 1.52. The van der Waals surface area contributed by atoms with Crippen LogP contribution >= 0.6 is 0 Å². The molecule has 0 saturated heterocycles. The molecule has 2 amide bonds. The average molecular weight is 551 g/mol. The van der Waals surface area contributed by atoms with Gasteiger partial charge in [0.15, 0.2) is 5.65 Å². The largest absolute Gasteiger partial charge is 0.494 e. The lowest BCUT2D eigenvalue weighted by molar-refractivity contribution is 0.0488. The van der Waals surface area contributed by atoms with Crippen molar-refractivity contribution in [3.05, 3.63) is 41.7 Å². The van der Waals surface area contributed by atoms with Gasteiger partial charge in [0, 0.05) is 30.3 Å². The smallest absolute Gasteiger partial charge is 0.407 e. The molecule has 1 saturated carbocycles. The number of amides is 2. The van der Waals surface area contributed by atoms with Crippen LogP contribution < -0.4 is 25.4 Å². The second-order valence-electron chi connectivity index (χ2n) is 12.1. The number of rotatable bonds is 6. The molecule has 0 bridgehead atoms. The van der Waals surface area contributed by atoms with E-state index in [1.54, 1.807) is 17.8 Å². The molecule has 0 unspecified atom stereocenters. The van der Waals surface area contributed by atoms with E-state index in [0.29, 0.717) is 28.5 Å². The highest BCUT2D eigenvalue weighted by atomic mass is 16.6. The minimum absolute atomic E-state index is 0.0291. The van der Waals surface area contributed by atoms with Gasteiger partial charge in [0.05, 0.1) is 25.0 Å². The van der Waals surface area contributed by atoms with Crippen LogP contribution in [0.2, 0.25) is 0 Å². The molecule has 11 heteroatoms. The predicted octanol–water partition coefficient (Wildman–Crippen LogP) is 4.95. The fourth-order valence-electron chi connectivity index (χ4n) is 5.32. The molecule has 3 aromatic rings. The van der Waals surface area contributed by atoms with E-state index < -0.39 is 11.7 Å². The molecule has 1 aliphatic carbocycles. The van der Waals surface area contributed by atoms with E-state index in [2.05, 4.69) is 21.0 Å². The maximum absolute atomic E-state index is 13.4. The van der Waals surface area contributed by atoms with Crippen molar-refractivity contribution in [3.63, 3.8) is 0 Å². The van der Waals surface area contributed by atoms with E-state index in [0.717, 1.165) is 43.4 Å². The average Bonchev–Trinajstić information content (AvgIpc) is 3.42. The Morgan fingerprint density at radius 1 is 1.15 bits per heavy atom. The maximum Gasteiger partial charge on any atom is 0.407 e. The number of hydrogen-bond donors (Lipinski definition) is 3. The molecule has 2 aromatic heterocycles. The van der Waals surface area contributed by atoms with Gasteiger partial charge in [-0.15, -0.1) is 0 Å². The Kier molecular flexibility index (Phi) is 7.24. The van der Waals surface area contributed by atoms with Crippen molar-refractivity contribution >= 4 is 29.2 Å². The van der Waals surface area contributed by atoms with Gasteiger partial charge >= 0.3 is 6.09 Å². The number of anilines is 2. The monoisotopic (exact) mass is 550 g/mol. The Balaban J connectivity index is 1.33. The Hall–Kier alpha value is -4.02. The molecular weight excluding hydrogens is 512 g/mol. The van der Waals surface area contributed by atoms with Crippen LogP contribution in [0.1, 0.15) is 76.2 Å². The van der Waals surface area contributed by atoms with Crippen LogP contribution in [0.5, 0.6) is 11.5 Å². The highest BCUT2D eigenvalue weighted by Crippen LogP contribution is 2.41. The van der Waals surface area contributed by atoms with E-state index in [1.165, 1.54) is 6.20 Å². The first-order chi connectivity index (χ1) is 18.9. The van der Waals surface area contributed by atoms with Gasteiger partial charge in [-0.1, -0.05) is 12.8 Å². The van der Waals surface area contributed by atoms with Crippen LogP contribution in [0.4, 0.5) is 16.3 Å². The van der Waals surface area contributed by atoms with Gasteiger partial charge in [-0.25, -0.2) is 14.3 Å². The number of nitrogens with zero attached hydrogens (tertiary/aromatic N) is 3. The normalized spacial score (nSPS) is 19.9. The van der Waals surface area contributed by atoms with Gasteiger partial charge in [0.2, 0.25) is 0 Å². The molecule has 1 aliphatic heterocycles. The Morgan fingerprint density at radius 2 is 1.90 bits per heavy atom. The summed E-state index contributed by atoms with van der Waals surface area (Å²) in [6, 6.07) is 5.39. The first-order valence-electron chi connectivity index (χ1n) is 13.7. The molecular formula is C29H38N6O5. The van der Waals surface area contributed by atoms with E-state index in [1.807, 2.05) is 52.8 Å². The molecule has 1 aromatic carbocycles. The van der Waals surface area contributed by atoms with Crippen molar-refractivity contribution in [3.8, 4) is 11.5 Å². The molecule has 2 atom stereocenters. The van der Waals surface area contributed by atoms with Crippen molar-refractivity contribution in [1.82, 2.24) is 19.9 Å². The van der Waals surface area contributed by atoms with Gasteiger partial charge in [-0.2, -0.15) is 5.10 Å². The van der Waals surface area contributed by atoms with Crippen molar-refractivity contribution in [2.24, 2.45) is 0 Å². The van der Waals surface area contributed by atoms with Crippen molar-refractivity contribution < 1.29 is 23.8 Å². The summed E-state index contributed by atoms with van der Waals surface area (Å²) in [5.41, 5.74) is 1.42. The van der Waals surface area contributed by atoms with Gasteiger partial charge < -0.3 is 30.2 Å². The minimum Gasteiger partial charge on any atom is -0.494 e. The zero-order chi connectivity index (χ0) is 28.7. The summed E-state index contributed by atoms with van der Waals surface area (Å²) in [6.45, 7) is 9.58. The number of methoxy groups -OCH3 is 1. The predicted molar refractivity (Wildman–Crippen MR) is 151 cm³/mol. The molecule has 40 heavy (non-hydrogen) atoms. The van der Waals surface area contributed by atoms with E-state index in [9.17, 15) is 9.59 Å². The Morgan fingerprint density at radius 3 is 2.62 bits per heavy atom. The molecule has 3 N–H and O–H groups in total. The quantitative estimate of drug-likeness (QED) is 0.393. The third-order valence-electron chi connectivity index (χ3n) is 7.05. The summed E-state index contributed by atoms with van der Waals surface area (Å²) < 4.78 is 18.6. The summed E-state index contributed by atoms with van der Waals surface area (Å²) >= 11 is 0.